The minimum Gasteiger partial charge on any atom is -0.392 e. The van der Waals surface area contributed by atoms with Gasteiger partial charge in [0.15, 0.2) is 0 Å². The average Bonchev–Trinajstić information content (AvgIpc) is 2.90. The molecule has 0 saturated heterocycles. The maximum absolute atomic E-state index is 12.2. The molecular weight excluding hydrogens is 341 g/mol. The van der Waals surface area contributed by atoms with Crippen molar-refractivity contribution < 1.29 is 13.5 Å². The van der Waals surface area contributed by atoms with Crippen LogP contribution in [-0.2, 0) is 23.2 Å². The van der Waals surface area contributed by atoms with Crippen LogP contribution in [0.1, 0.15) is 10.4 Å². The van der Waals surface area contributed by atoms with Crippen LogP contribution < -0.4 is 4.72 Å². The van der Waals surface area contributed by atoms with Crippen molar-refractivity contribution in [2.24, 2.45) is 0 Å². The third kappa shape index (κ3) is 3.33. The van der Waals surface area contributed by atoms with Crippen LogP contribution in [0.4, 0.5) is 0 Å². The van der Waals surface area contributed by atoms with Crippen LogP contribution in [0.25, 0.3) is 0 Å². The van der Waals surface area contributed by atoms with E-state index < -0.39 is 16.6 Å². The summed E-state index contributed by atoms with van der Waals surface area (Å²) in [5.41, 5.74) is 0.201. The van der Waals surface area contributed by atoms with Gasteiger partial charge in [0.2, 0.25) is 10.0 Å². The lowest BCUT2D eigenvalue weighted by Crippen LogP contribution is -2.23. The summed E-state index contributed by atoms with van der Waals surface area (Å²) >= 11 is 13.3. The maximum atomic E-state index is 12.2. The first-order valence-electron chi connectivity index (χ1n) is 5.55. The molecule has 0 aliphatic heterocycles. The predicted octanol–water partition coefficient (Wildman–Crippen LogP) is 3.03. The molecule has 20 heavy (non-hydrogen) atoms. The predicted molar refractivity (Wildman–Crippen MR) is 80.7 cm³/mol. The van der Waals surface area contributed by atoms with Gasteiger partial charge in [-0.25, -0.2) is 13.1 Å². The van der Waals surface area contributed by atoms with Gasteiger partial charge in [-0.1, -0.05) is 29.3 Å². The third-order valence-corrected chi connectivity index (χ3v) is 5.83. The van der Waals surface area contributed by atoms with Crippen LogP contribution >= 0.6 is 34.5 Å². The first kappa shape index (κ1) is 15.8. The summed E-state index contributed by atoms with van der Waals surface area (Å²) in [6.07, 6.45) is 0. The number of rotatable bonds is 5. The van der Waals surface area contributed by atoms with Crippen molar-refractivity contribution in [3.63, 3.8) is 0 Å². The van der Waals surface area contributed by atoms with Gasteiger partial charge in [-0.05, 0) is 23.6 Å². The standard InChI is InChI=1S/C12H11Cl2NO3S2/c13-10-3-4-11(12(14)9(10)7-16)20(17,18)15-6-8-2-1-5-19-8/h1-5,15-16H,6-7H2. The molecule has 0 saturated carbocycles. The normalized spacial score (nSPS) is 11.8. The molecule has 1 heterocycles. The van der Waals surface area contributed by atoms with Crippen molar-refractivity contribution >= 4 is 44.6 Å². The first-order valence-corrected chi connectivity index (χ1v) is 8.67. The molecule has 0 fully saturated rings. The summed E-state index contributed by atoms with van der Waals surface area (Å²) in [6, 6.07) is 6.39. The Kier molecular flexibility index (Phi) is 5.06. The van der Waals surface area contributed by atoms with Gasteiger partial charge in [-0.15, -0.1) is 11.3 Å². The Morgan fingerprint density at radius 2 is 2.00 bits per heavy atom. The number of halogens is 2. The largest absolute Gasteiger partial charge is 0.392 e. The van der Waals surface area contributed by atoms with Crippen LogP contribution in [0, 0.1) is 0 Å². The fraction of sp³-hybridized carbons (Fsp3) is 0.167. The zero-order valence-electron chi connectivity index (χ0n) is 10.1. The highest BCUT2D eigenvalue weighted by atomic mass is 35.5. The molecule has 0 unspecified atom stereocenters. The van der Waals surface area contributed by atoms with Crippen molar-refractivity contribution in [1.82, 2.24) is 4.72 Å². The van der Waals surface area contributed by atoms with Gasteiger partial charge in [0.1, 0.15) is 4.90 Å². The fourth-order valence-corrected chi connectivity index (χ4v) is 4.22. The summed E-state index contributed by atoms with van der Waals surface area (Å²) < 4.78 is 26.9. The molecule has 0 spiro atoms. The molecule has 0 aliphatic rings. The number of hydrogen-bond donors (Lipinski definition) is 2. The monoisotopic (exact) mass is 351 g/mol. The van der Waals surface area contributed by atoms with Crippen LogP contribution in [0.15, 0.2) is 34.5 Å². The highest BCUT2D eigenvalue weighted by Crippen LogP contribution is 2.31. The van der Waals surface area contributed by atoms with Gasteiger partial charge in [0.25, 0.3) is 0 Å². The minimum atomic E-state index is -3.76. The Bertz CT molecular complexity index is 700. The number of hydrogen-bond acceptors (Lipinski definition) is 4. The van der Waals surface area contributed by atoms with Gasteiger partial charge in [-0.3, -0.25) is 0 Å². The van der Waals surface area contributed by atoms with E-state index in [2.05, 4.69) is 4.72 Å². The van der Waals surface area contributed by atoms with E-state index in [-0.39, 0.29) is 27.0 Å². The van der Waals surface area contributed by atoms with E-state index in [1.807, 2.05) is 17.5 Å². The van der Waals surface area contributed by atoms with Crippen LogP contribution in [0.3, 0.4) is 0 Å². The van der Waals surface area contributed by atoms with Crippen LogP contribution in [0.2, 0.25) is 10.0 Å². The van der Waals surface area contributed by atoms with Gasteiger partial charge in [-0.2, -0.15) is 0 Å². The number of benzene rings is 1. The highest BCUT2D eigenvalue weighted by Gasteiger charge is 2.21. The molecule has 0 amide bonds. The molecule has 4 nitrogen and oxygen atoms in total. The first-order chi connectivity index (χ1) is 9.45. The molecule has 0 aliphatic carbocycles. The molecule has 108 valence electrons. The smallest absolute Gasteiger partial charge is 0.242 e. The lowest BCUT2D eigenvalue weighted by Gasteiger charge is -2.11. The Hall–Kier alpha value is -0.630. The quantitative estimate of drug-likeness (QED) is 0.869. The second kappa shape index (κ2) is 6.43. The van der Waals surface area contributed by atoms with Gasteiger partial charge in [0.05, 0.1) is 11.6 Å². The van der Waals surface area contributed by atoms with Gasteiger partial charge < -0.3 is 5.11 Å². The van der Waals surface area contributed by atoms with Crippen molar-refractivity contribution in [1.29, 1.82) is 0 Å². The Balaban J connectivity index is 2.30. The number of nitrogens with one attached hydrogen (secondary N) is 1. The van der Waals surface area contributed by atoms with Crippen molar-refractivity contribution in [2.75, 3.05) is 0 Å². The molecule has 2 aromatic rings. The number of aliphatic hydroxyl groups excluding tert-OH is 1. The summed E-state index contributed by atoms with van der Waals surface area (Å²) in [5.74, 6) is 0. The fourth-order valence-electron chi connectivity index (χ4n) is 1.59. The van der Waals surface area contributed by atoms with Crippen LogP contribution in [0.5, 0.6) is 0 Å². The summed E-state index contributed by atoms with van der Waals surface area (Å²) in [6.45, 7) is -0.237. The molecule has 0 atom stereocenters. The third-order valence-electron chi connectivity index (χ3n) is 2.61. The Morgan fingerprint density at radius 3 is 2.60 bits per heavy atom. The number of sulfonamides is 1. The van der Waals surface area contributed by atoms with Gasteiger partial charge in [0, 0.05) is 22.0 Å². The SMILES string of the molecule is O=S(=O)(NCc1cccs1)c1ccc(Cl)c(CO)c1Cl. The summed E-state index contributed by atoms with van der Waals surface area (Å²) in [5, 5.41) is 11.2. The highest BCUT2D eigenvalue weighted by molar-refractivity contribution is 7.89. The molecular formula is C12H11Cl2NO3S2. The zero-order chi connectivity index (χ0) is 14.8. The summed E-state index contributed by atoms with van der Waals surface area (Å²) in [4.78, 5) is 0.796. The lowest BCUT2D eigenvalue weighted by atomic mass is 10.2. The molecule has 1 aromatic carbocycles. The zero-order valence-corrected chi connectivity index (χ0v) is 13.3. The molecule has 0 radical (unpaired) electrons. The lowest BCUT2D eigenvalue weighted by molar-refractivity contribution is 0.281. The van der Waals surface area contributed by atoms with E-state index in [0.29, 0.717) is 0 Å². The average molecular weight is 352 g/mol. The summed E-state index contributed by atoms with van der Waals surface area (Å²) in [7, 11) is -3.76. The van der Waals surface area contributed by atoms with Gasteiger partial charge >= 0.3 is 0 Å². The maximum Gasteiger partial charge on any atom is 0.242 e. The molecule has 8 heteroatoms. The van der Waals surface area contributed by atoms with E-state index in [4.69, 9.17) is 23.2 Å². The van der Waals surface area contributed by atoms with Crippen molar-refractivity contribution in [2.45, 2.75) is 18.0 Å². The van der Waals surface area contributed by atoms with E-state index >= 15 is 0 Å². The van der Waals surface area contributed by atoms with E-state index in [1.54, 1.807) is 0 Å². The second-order valence-electron chi connectivity index (χ2n) is 3.90. The molecule has 2 rings (SSSR count). The van der Waals surface area contributed by atoms with E-state index in [0.717, 1.165) is 4.88 Å². The van der Waals surface area contributed by atoms with Crippen molar-refractivity contribution in [3.05, 3.63) is 50.1 Å². The van der Waals surface area contributed by atoms with E-state index in [1.165, 1.54) is 23.5 Å². The number of thiophene rings is 1. The Labute approximate surface area is 131 Å². The van der Waals surface area contributed by atoms with Crippen molar-refractivity contribution in [3.8, 4) is 0 Å². The van der Waals surface area contributed by atoms with E-state index in [9.17, 15) is 13.5 Å². The minimum absolute atomic E-state index is 0.0568. The second-order valence-corrected chi connectivity index (χ2v) is 7.45. The molecule has 2 N–H and O–H groups in total. The molecule has 1 aromatic heterocycles. The number of aliphatic hydroxyl groups is 1. The molecule has 0 bridgehead atoms. The topological polar surface area (TPSA) is 66.4 Å². The van der Waals surface area contributed by atoms with Crippen LogP contribution in [-0.4, -0.2) is 13.5 Å². The Morgan fingerprint density at radius 1 is 1.25 bits per heavy atom.